The summed E-state index contributed by atoms with van der Waals surface area (Å²) in [6.07, 6.45) is 0. The zero-order valence-corrected chi connectivity index (χ0v) is 16.3. The molecule has 0 saturated carbocycles. The predicted molar refractivity (Wildman–Crippen MR) is 108 cm³/mol. The average Bonchev–Trinajstić information content (AvgIpc) is 2.91. The fraction of sp³-hybridized carbons (Fsp3) is 0.167. The number of nitrogens with two attached hydrogens (primary N) is 1. The van der Waals surface area contributed by atoms with Gasteiger partial charge in [0.2, 0.25) is 10.7 Å². The van der Waals surface area contributed by atoms with Gasteiger partial charge in [0.15, 0.2) is 5.78 Å². The van der Waals surface area contributed by atoms with Crippen LogP contribution in [0.1, 0.15) is 15.9 Å². The summed E-state index contributed by atoms with van der Waals surface area (Å²) in [6, 6.07) is 12.5. The first kappa shape index (κ1) is 18.9. The molecule has 0 aliphatic rings. The summed E-state index contributed by atoms with van der Waals surface area (Å²) in [4.78, 5) is 12.6. The minimum Gasteiger partial charge on any atom is -0.495 e. The van der Waals surface area contributed by atoms with E-state index in [-0.39, 0.29) is 23.0 Å². The molecule has 0 spiro atoms. The normalized spacial score (nSPS) is 10.6. The zero-order chi connectivity index (χ0) is 19.6. The number of benzene rings is 2. The van der Waals surface area contributed by atoms with Crippen LogP contribution in [0.15, 0.2) is 42.5 Å². The molecule has 1 heterocycles. The van der Waals surface area contributed by atoms with E-state index in [0.29, 0.717) is 22.0 Å². The van der Waals surface area contributed by atoms with Crippen molar-refractivity contribution in [1.82, 2.24) is 14.5 Å². The van der Waals surface area contributed by atoms with Crippen molar-refractivity contribution in [1.29, 1.82) is 0 Å². The standard InChI is InChI=1S/C18H18ClN5O2S/c1-11-7-8-12(9-13(11)19)15(25)10-23-18(27)24(17(20)22-23)21-14-5-3-4-6-16(14)26-2/h3-9,21H,10H2,1-2H3,(H2,20,22). The van der Waals surface area contributed by atoms with Gasteiger partial charge in [0, 0.05) is 10.6 Å². The van der Waals surface area contributed by atoms with Gasteiger partial charge in [0.05, 0.1) is 12.8 Å². The quantitative estimate of drug-likeness (QED) is 0.481. The molecule has 0 aliphatic carbocycles. The maximum atomic E-state index is 12.6. The van der Waals surface area contributed by atoms with Crippen molar-refractivity contribution in [2.75, 3.05) is 18.3 Å². The third-order valence-corrected chi connectivity index (χ3v) is 4.79. The van der Waals surface area contributed by atoms with Crippen molar-refractivity contribution >= 4 is 41.2 Å². The number of methoxy groups -OCH3 is 1. The van der Waals surface area contributed by atoms with E-state index in [1.807, 2.05) is 25.1 Å². The Morgan fingerprint density at radius 2 is 2.07 bits per heavy atom. The van der Waals surface area contributed by atoms with E-state index in [0.717, 1.165) is 5.56 Å². The molecule has 27 heavy (non-hydrogen) atoms. The Hall–Kier alpha value is -2.84. The Kier molecular flexibility index (Phi) is 5.48. The van der Waals surface area contributed by atoms with Crippen molar-refractivity contribution in [2.45, 2.75) is 13.5 Å². The monoisotopic (exact) mass is 403 g/mol. The highest BCUT2D eigenvalue weighted by molar-refractivity contribution is 7.71. The third kappa shape index (κ3) is 3.96. The number of ether oxygens (including phenoxy) is 1. The number of Topliss-reactive ketones (excluding diaryl/α,β-unsaturated/α-hetero) is 1. The molecule has 0 aliphatic heterocycles. The van der Waals surface area contributed by atoms with E-state index >= 15 is 0 Å². The van der Waals surface area contributed by atoms with Crippen molar-refractivity contribution in [3.05, 3.63) is 63.4 Å². The molecule has 0 unspecified atom stereocenters. The van der Waals surface area contributed by atoms with E-state index in [4.69, 9.17) is 34.3 Å². The van der Waals surface area contributed by atoms with Crippen molar-refractivity contribution < 1.29 is 9.53 Å². The third-order valence-electron chi connectivity index (χ3n) is 3.99. The number of carbonyl (C=O) groups is 1. The van der Waals surface area contributed by atoms with Crippen LogP contribution < -0.4 is 15.9 Å². The minimum atomic E-state index is -0.171. The van der Waals surface area contributed by atoms with Gasteiger partial charge in [0.25, 0.3) is 0 Å². The number of aryl methyl sites for hydroxylation is 1. The van der Waals surface area contributed by atoms with Crippen LogP contribution >= 0.6 is 23.8 Å². The van der Waals surface area contributed by atoms with Crippen molar-refractivity contribution in [3.8, 4) is 5.75 Å². The molecule has 3 rings (SSSR count). The average molecular weight is 404 g/mol. The highest BCUT2D eigenvalue weighted by atomic mass is 35.5. The molecule has 9 heteroatoms. The summed E-state index contributed by atoms with van der Waals surface area (Å²) in [6.45, 7) is 1.82. The van der Waals surface area contributed by atoms with E-state index in [2.05, 4.69) is 10.5 Å². The number of nitrogens with one attached hydrogen (secondary N) is 1. The van der Waals surface area contributed by atoms with Gasteiger partial charge >= 0.3 is 0 Å². The number of nitrogen functional groups attached to an aromatic ring is 1. The Morgan fingerprint density at radius 1 is 1.33 bits per heavy atom. The fourth-order valence-corrected chi connectivity index (χ4v) is 2.91. The Bertz CT molecular complexity index is 1060. The summed E-state index contributed by atoms with van der Waals surface area (Å²) in [5, 5.41) is 4.70. The Labute approximate surface area is 166 Å². The van der Waals surface area contributed by atoms with Crippen LogP contribution in [0, 0.1) is 11.7 Å². The number of para-hydroxylation sites is 2. The van der Waals surface area contributed by atoms with Gasteiger partial charge in [0.1, 0.15) is 12.3 Å². The predicted octanol–water partition coefficient (Wildman–Crippen LogP) is 3.72. The summed E-state index contributed by atoms with van der Waals surface area (Å²) in [5.41, 5.74) is 11.1. The molecule has 0 radical (unpaired) electrons. The van der Waals surface area contributed by atoms with E-state index in [1.165, 1.54) is 9.36 Å². The molecule has 0 atom stereocenters. The summed E-state index contributed by atoms with van der Waals surface area (Å²) >= 11 is 11.5. The summed E-state index contributed by atoms with van der Waals surface area (Å²) < 4.78 is 8.34. The van der Waals surface area contributed by atoms with Gasteiger partial charge in [-0.1, -0.05) is 35.9 Å². The molecule has 140 valence electrons. The molecular weight excluding hydrogens is 386 g/mol. The van der Waals surface area contributed by atoms with Gasteiger partial charge in [-0.2, -0.15) is 4.68 Å². The Balaban J connectivity index is 1.86. The van der Waals surface area contributed by atoms with Crippen LogP contribution in [0.3, 0.4) is 0 Å². The SMILES string of the molecule is COc1ccccc1Nn1c(N)nn(CC(=O)c2ccc(C)c(Cl)c2)c1=S. The first-order chi connectivity index (χ1) is 12.9. The van der Waals surface area contributed by atoms with Crippen molar-refractivity contribution in [2.24, 2.45) is 0 Å². The number of aromatic nitrogens is 3. The number of nitrogens with zero attached hydrogens (tertiary/aromatic N) is 3. The van der Waals surface area contributed by atoms with E-state index in [9.17, 15) is 4.79 Å². The number of carbonyl (C=O) groups excluding carboxylic acids is 1. The first-order valence-corrected chi connectivity index (χ1v) is 8.84. The lowest BCUT2D eigenvalue weighted by molar-refractivity contribution is 0.0967. The molecule has 0 amide bonds. The molecule has 3 N–H and O–H groups in total. The molecule has 2 aromatic carbocycles. The molecule has 7 nitrogen and oxygen atoms in total. The topological polar surface area (TPSA) is 87.1 Å². The lowest BCUT2D eigenvalue weighted by atomic mass is 10.1. The van der Waals surface area contributed by atoms with Gasteiger partial charge < -0.3 is 10.5 Å². The van der Waals surface area contributed by atoms with Gasteiger partial charge in [-0.05, 0) is 42.9 Å². The number of anilines is 2. The molecular formula is C18H18ClN5O2S. The van der Waals surface area contributed by atoms with Crippen LogP contribution in [0.2, 0.25) is 5.02 Å². The smallest absolute Gasteiger partial charge is 0.240 e. The largest absolute Gasteiger partial charge is 0.495 e. The van der Waals surface area contributed by atoms with Crippen LogP contribution in [0.4, 0.5) is 11.6 Å². The lowest BCUT2D eigenvalue weighted by Gasteiger charge is -2.11. The molecule has 1 aromatic heterocycles. The molecule has 0 bridgehead atoms. The summed E-state index contributed by atoms with van der Waals surface area (Å²) in [5.74, 6) is 0.576. The van der Waals surface area contributed by atoms with E-state index in [1.54, 1.807) is 31.4 Å². The zero-order valence-electron chi connectivity index (χ0n) is 14.8. The Morgan fingerprint density at radius 3 is 2.78 bits per heavy atom. The summed E-state index contributed by atoms with van der Waals surface area (Å²) in [7, 11) is 1.57. The second kappa shape index (κ2) is 7.81. The second-order valence-electron chi connectivity index (χ2n) is 5.83. The highest BCUT2D eigenvalue weighted by Crippen LogP contribution is 2.24. The van der Waals surface area contributed by atoms with E-state index < -0.39 is 0 Å². The van der Waals surface area contributed by atoms with Gasteiger partial charge in [-0.3, -0.25) is 10.2 Å². The highest BCUT2D eigenvalue weighted by Gasteiger charge is 2.14. The fourth-order valence-electron chi connectivity index (χ4n) is 2.48. The number of rotatable bonds is 6. The second-order valence-corrected chi connectivity index (χ2v) is 6.61. The molecule has 0 fully saturated rings. The van der Waals surface area contributed by atoms with Crippen LogP contribution in [0.25, 0.3) is 0 Å². The van der Waals surface area contributed by atoms with Crippen LogP contribution in [0.5, 0.6) is 5.75 Å². The number of halogens is 1. The number of ketones is 1. The maximum absolute atomic E-state index is 12.6. The number of hydrogen-bond donors (Lipinski definition) is 2. The maximum Gasteiger partial charge on any atom is 0.240 e. The molecule has 0 saturated heterocycles. The molecule has 3 aromatic rings. The minimum absolute atomic E-state index is 0.0526. The van der Waals surface area contributed by atoms with Crippen LogP contribution in [-0.2, 0) is 6.54 Å². The van der Waals surface area contributed by atoms with Gasteiger partial charge in [-0.15, -0.1) is 5.10 Å². The lowest BCUT2D eigenvalue weighted by Crippen LogP contribution is -2.15. The van der Waals surface area contributed by atoms with Gasteiger partial charge in [-0.25, -0.2) is 4.68 Å². The number of hydrogen-bond acceptors (Lipinski definition) is 6. The van der Waals surface area contributed by atoms with Crippen molar-refractivity contribution in [3.63, 3.8) is 0 Å². The first-order valence-electron chi connectivity index (χ1n) is 8.05. The van der Waals surface area contributed by atoms with Crippen LogP contribution in [-0.4, -0.2) is 27.3 Å².